The molecule has 1 amide bonds. The van der Waals surface area contributed by atoms with Gasteiger partial charge in [0.1, 0.15) is 18.8 Å². The Kier molecular flexibility index (Phi) is 6.83. The SMILES string of the molecule is COc1cc(/C=C/C(=O)OCC(=O)N(C)C2(C#N)CCCCC2)cc2c1OCCO2. The number of fused-ring (bicyclic) bond motifs is 1. The van der Waals surface area contributed by atoms with Crippen molar-refractivity contribution < 1.29 is 28.5 Å². The van der Waals surface area contributed by atoms with Crippen LogP contribution in [0.3, 0.4) is 0 Å². The van der Waals surface area contributed by atoms with E-state index in [4.69, 9.17) is 18.9 Å². The van der Waals surface area contributed by atoms with Gasteiger partial charge in [-0.05, 0) is 36.6 Å². The first-order chi connectivity index (χ1) is 14.5. The van der Waals surface area contributed by atoms with E-state index in [1.54, 1.807) is 25.3 Å². The minimum atomic E-state index is -0.806. The number of methoxy groups -OCH3 is 1. The number of carbonyl (C=O) groups excluding carboxylic acids is 2. The van der Waals surface area contributed by atoms with Crippen LogP contribution < -0.4 is 14.2 Å². The van der Waals surface area contributed by atoms with Gasteiger partial charge in [-0.15, -0.1) is 0 Å². The van der Waals surface area contributed by atoms with Gasteiger partial charge < -0.3 is 23.8 Å². The zero-order chi connectivity index (χ0) is 21.6. The van der Waals surface area contributed by atoms with E-state index in [0.29, 0.717) is 48.9 Å². The molecule has 1 aromatic carbocycles. The van der Waals surface area contributed by atoms with Crippen LogP contribution in [0.15, 0.2) is 18.2 Å². The third-order valence-electron chi connectivity index (χ3n) is 5.51. The maximum atomic E-state index is 12.5. The third-order valence-corrected chi connectivity index (χ3v) is 5.51. The van der Waals surface area contributed by atoms with Crippen molar-refractivity contribution in [3.05, 3.63) is 23.8 Å². The number of esters is 1. The van der Waals surface area contributed by atoms with Gasteiger partial charge >= 0.3 is 5.97 Å². The quantitative estimate of drug-likeness (QED) is 0.521. The van der Waals surface area contributed by atoms with E-state index in [-0.39, 0.29) is 5.91 Å². The molecule has 8 nitrogen and oxygen atoms in total. The van der Waals surface area contributed by atoms with Gasteiger partial charge in [0, 0.05) is 13.1 Å². The molecule has 0 bridgehead atoms. The second kappa shape index (κ2) is 9.53. The van der Waals surface area contributed by atoms with Crippen LogP contribution in [0.2, 0.25) is 0 Å². The minimum absolute atomic E-state index is 0.388. The minimum Gasteiger partial charge on any atom is -0.493 e. The smallest absolute Gasteiger partial charge is 0.331 e. The third kappa shape index (κ3) is 4.67. The van der Waals surface area contributed by atoms with Gasteiger partial charge in [0.15, 0.2) is 18.1 Å². The molecule has 1 aromatic rings. The molecule has 0 N–H and O–H groups in total. The lowest BCUT2D eigenvalue weighted by molar-refractivity contribution is -0.150. The molecular formula is C22H26N2O6. The predicted molar refractivity (Wildman–Crippen MR) is 108 cm³/mol. The zero-order valence-corrected chi connectivity index (χ0v) is 17.3. The molecule has 30 heavy (non-hydrogen) atoms. The van der Waals surface area contributed by atoms with E-state index < -0.39 is 18.1 Å². The summed E-state index contributed by atoms with van der Waals surface area (Å²) in [6, 6.07) is 5.74. The average Bonchev–Trinajstić information content (AvgIpc) is 2.80. The Hall–Kier alpha value is -3.21. The summed E-state index contributed by atoms with van der Waals surface area (Å²) >= 11 is 0. The molecule has 0 radical (unpaired) electrons. The number of rotatable bonds is 6. The summed E-state index contributed by atoms with van der Waals surface area (Å²) in [7, 11) is 3.12. The molecule has 0 saturated heterocycles. The lowest BCUT2D eigenvalue weighted by Gasteiger charge is -2.38. The molecule has 1 fully saturated rings. The highest BCUT2D eigenvalue weighted by atomic mass is 16.6. The van der Waals surface area contributed by atoms with Crippen molar-refractivity contribution in [2.24, 2.45) is 0 Å². The lowest BCUT2D eigenvalue weighted by Crippen LogP contribution is -2.51. The van der Waals surface area contributed by atoms with Crippen molar-refractivity contribution in [2.45, 2.75) is 37.6 Å². The van der Waals surface area contributed by atoms with Gasteiger partial charge in [-0.1, -0.05) is 19.3 Å². The number of nitriles is 1. The van der Waals surface area contributed by atoms with E-state index in [2.05, 4.69) is 6.07 Å². The Morgan fingerprint density at radius 2 is 1.97 bits per heavy atom. The average molecular weight is 414 g/mol. The fourth-order valence-electron chi connectivity index (χ4n) is 3.73. The van der Waals surface area contributed by atoms with Crippen LogP contribution in [0.25, 0.3) is 6.08 Å². The Bertz CT molecular complexity index is 850. The number of amides is 1. The van der Waals surface area contributed by atoms with Crippen LogP contribution in [0, 0.1) is 11.3 Å². The van der Waals surface area contributed by atoms with Gasteiger partial charge in [-0.2, -0.15) is 5.26 Å². The molecule has 2 aliphatic rings. The van der Waals surface area contributed by atoms with Crippen molar-refractivity contribution in [3.63, 3.8) is 0 Å². The first kappa shape index (κ1) is 21.5. The summed E-state index contributed by atoms with van der Waals surface area (Å²) in [6.45, 7) is 0.471. The highest BCUT2D eigenvalue weighted by molar-refractivity contribution is 5.89. The Morgan fingerprint density at radius 3 is 2.67 bits per heavy atom. The normalized spacial score (nSPS) is 17.1. The van der Waals surface area contributed by atoms with Gasteiger partial charge in [-0.3, -0.25) is 4.79 Å². The van der Waals surface area contributed by atoms with Gasteiger partial charge in [0.25, 0.3) is 5.91 Å². The molecule has 0 atom stereocenters. The summed E-state index contributed by atoms with van der Waals surface area (Å²) in [4.78, 5) is 26.0. The van der Waals surface area contributed by atoms with Crippen LogP contribution in [0.4, 0.5) is 0 Å². The molecule has 0 spiro atoms. The van der Waals surface area contributed by atoms with Crippen LogP contribution in [-0.4, -0.2) is 56.3 Å². The summed E-state index contributed by atoms with van der Waals surface area (Å²) in [5, 5.41) is 9.58. The number of nitrogens with zero attached hydrogens (tertiary/aromatic N) is 2. The van der Waals surface area contributed by atoms with E-state index >= 15 is 0 Å². The molecule has 3 rings (SSSR count). The van der Waals surface area contributed by atoms with Crippen molar-refractivity contribution in [3.8, 4) is 23.3 Å². The fraction of sp³-hybridized carbons (Fsp3) is 0.500. The van der Waals surface area contributed by atoms with Crippen molar-refractivity contribution in [1.29, 1.82) is 5.26 Å². The summed E-state index contributed by atoms with van der Waals surface area (Å²) in [5.41, 5.74) is -0.138. The number of likely N-dealkylation sites (N-methyl/N-ethyl adjacent to an activating group) is 1. The molecule has 0 unspecified atom stereocenters. The van der Waals surface area contributed by atoms with Gasteiger partial charge in [-0.25, -0.2) is 4.79 Å². The molecule has 160 valence electrons. The van der Waals surface area contributed by atoms with Crippen molar-refractivity contribution >= 4 is 18.0 Å². The summed E-state index contributed by atoms with van der Waals surface area (Å²) in [6.07, 6.45) is 6.96. The topological polar surface area (TPSA) is 98.1 Å². The molecular weight excluding hydrogens is 388 g/mol. The van der Waals surface area contributed by atoms with Crippen LogP contribution >= 0.6 is 0 Å². The van der Waals surface area contributed by atoms with Crippen LogP contribution in [0.5, 0.6) is 17.2 Å². The Balaban J connectivity index is 1.58. The largest absolute Gasteiger partial charge is 0.493 e. The summed E-state index contributed by atoms with van der Waals surface area (Å²) < 4.78 is 21.5. The van der Waals surface area contributed by atoms with Crippen molar-refractivity contribution in [1.82, 2.24) is 4.90 Å². The zero-order valence-electron chi connectivity index (χ0n) is 17.3. The number of hydrogen-bond donors (Lipinski definition) is 0. The maximum Gasteiger partial charge on any atom is 0.331 e. The van der Waals surface area contributed by atoms with Gasteiger partial charge in [0.05, 0.1) is 13.2 Å². The van der Waals surface area contributed by atoms with E-state index in [0.717, 1.165) is 19.3 Å². The molecule has 1 saturated carbocycles. The molecule has 1 aliphatic heterocycles. The second-order valence-electron chi connectivity index (χ2n) is 7.35. The fourth-order valence-corrected chi connectivity index (χ4v) is 3.73. The van der Waals surface area contributed by atoms with Crippen LogP contribution in [0.1, 0.15) is 37.7 Å². The number of hydrogen-bond acceptors (Lipinski definition) is 7. The van der Waals surface area contributed by atoms with Crippen LogP contribution in [-0.2, 0) is 14.3 Å². The van der Waals surface area contributed by atoms with E-state index in [9.17, 15) is 14.9 Å². The Morgan fingerprint density at radius 1 is 1.23 bits per heavy atom. The standard InChI is InChI=1S/C22H26N2O6/c1-24(22(15-23)8-4-3-5-9-22)19(25)14-30-20(26)7-6-16-12-17(27-2)21-18(13-16)28-10-11-29-21/h6-7,12-13H,3-5,8-11,14H2,1-2H3/b7-6+. The Labute approximate surface area is 175 Å². The van der Waals surface area contributed by atoms with Gasteiger partial charge in [0.2, 0.25) is 5.75 Å². The predicted octanol–water partition coefficient (Wildman–Crippen LogP) is 2.71. The highest BCUT2D eigenvalue weighted by Crippen LogP contribution is 2.40. The number of benzene rings is 1. The number of ether oxygens (including phenoxy) is 4. The van der Waals surface area contributed by atoms with Crippen molar-refractivity contribution in [2.75, 3.05) is 34.0 Å². The maximum absolute atomic E-state index is 12.5. The first-order valence-electron chi connectivity index (χ1n) is 9.99. The highest BCUT2D eigenvalue weighted by Gasteiger charge is 2.38. The van der Waals surface area contributed by atoms with E-state index in [1.165, 1.54) is 18.1 Å². The molecule has 8 heteroatoms. The second-order valence-corrected chi connectivity index (χ2v) is 7.35. The molecule has 1 aliphatic carbocycles. The lowest BCUT2D eigenvalue weighted by atomic mass is 9.81. The molecule has 1 heterocycles. The monoisotopic (exact) mass is 414 g/mol. The first-order valence-corrected chi connectivity index (χ1v) is 9.99. The number of carbonyl (C=O) groups is 2. The summed E-state index contributed by atoms with van der Waals surface area (Å²) in [5.74, 6) is 0.540. The molecule has 0 aromatic heterocycles. The van der Waals surface area contributed by atoms with E-state index in [1.807, 2.05) is 0 Å².